The number of rotatable bonds is 4. The first-order chi connectivity index (χ1) is 10.3. The van der Waals surface area contributed by atoms with Gasteiger partial charge in [0, 0.05) is 5.69 Å². The molecule has 0 aliphatic heterocycles. The van der Waals surface area contributed by atoms with Crippen LogP contribution in [0.2, 0.25) is 0 Å². The Morgan fingerprint density at radius 3 is 2.55 bits per heavy atom. The molecular formula is C18H22INOS. The molecule has 2 aromatic rings. The van der Waals surface area contributed by atoms with Crippen LogP contribution in [0.3, 0.4) is 0 Å². The number of hydrogen-bond donors (Lipinski definition) is 1. The second-order valence-corrected chi connectivity index (χ2v) is 9.54. The van der Waals surface area contributed by atoms with Gasteiger partial charge in [-0.15, -0.1) is 11.3 Å². The van der Waals surface area contributed by atoms with Crippen LogP contribution in [0.5, 0.6) is 0 Å². The fraction of sp³-hybridized carbons (Fsp3) is 0.389. The Labute approximate surface area is 150 Å². The Morgan fingerprint density at radius 1 is 1.27 bits per heavy atom. The maximum Gasteiger partial charge on any atom is 0.257 e. The first-order valence-electron chi connectivity index (χ1n) is 7.41. The number of benzene rings is 1. The van der Waals surface area contributed by atoms with Gasteiger partial charge >= 0.3 is 0 Å². The highest BCUT2D eigenvalue weighted by molar-refractivity contribution is 14.1. The second-order valence-electron chi connectivity index (χ2n) is 6.82. The molecule has 0 bridgehead atoms. The van der Waals surface area contributed by atoms with Crippen molar-refractivity contribution in [2.75, 3.05) is 5.32 Å². The first-order valence-corrected chi connectivity index (χ1v) is 9.37. The van der Waals surface area contributed by atoms with Crippen molar-refractivity contribution in [3.05, 3.63) is 49.7 Å². The molecule has 0 saturated carbocycles. The van der Waals surface area contributed by atoms with Crippen molar-refractivity contribution in [2.45, 2.75) is 40.0 Å². The van der Waals surface area contributed by atoms with Gasteiger partial charge in [0.05, 0.1) is 8.45 Å². The summed E-state index contributed by atoms with van der Waals surface area (Å²) in [5.41, 5.74) is 3.14. The molecule has 1 atom stereocenters. The van der Waals surface area contributed by atoms with Crippen molar-refractivity contribution >= 4 is 45.5 Å². The highest BCUT2D eigenvalue weighted by Gasteiger charge is 2.20. The number of carbonyl (C=O) groups excluding carboxylic acids is 1. The van der Waals surface area contributed by atoms with Crippen LogP contribution >= 0.6 is 33.9 Å². The lowest BCUT2D eigenvalue weighted by Gasteiger charge is -2.25. The summed E-state index contributed by atoms with van der Waals surface area (Å²) in [5.74, 6) is 0.374. The second kappa shape index (κ2) is 7.13. The predicted octanol–water partition coefficient (Wildman–Crippen LogP) is 6.14. The van der Waals surface area contributed by atoms with Gasteiger partial charge in [-0.3, -0.25) is 4.79 Å². The molecule has 0 aliphatic carbocycles. The molecule has 1 heterocycles. The topological polar surface area (TPSA) is 29.1 Å². The summed E-state index contributed by atoms with van der Waals surface area (Å²) in [5, 5.41) is 5.03. The van der Waals surface area contributed by atoms with Crippen molar-refractivity contribution in [3.63, 3.8) is 0 Å². The minimum Gasteiger partial charge on any atom is -0.322 e. The lowest BCUT2D eigenvalue weighted by atomic mass is 9.82. The number of halogens is 1. The van der Waals surface area contributed by atoms with Crippen LogP contribution in [-0.2, 0) is 0 Å². The molecule has 0 fully saturated rings. The monoisotopic (exact) mass is 427 g/mol. The average molecular weight is 427 g/mol. The molecule has 2 nitrogen and oxygen atoms in total. The van der Waals surface area contributed by atoms with E-state index in [2.05, 4.69) is 61.7 Å². The van der Waals surface area contributed by atoms with Gasteiger partial charge in [-0.25, -0.2) is 0 Å². The third kappa shape index (κ3) is 4.56. The van der Waals surface area contributed by atoms with Crippen LogP contribution in [0.1, 0.15) is 56.0 Å². The number of anilines is 1. The number of carbonyl (C=O) groups is 1. The average Bonchev–Trinajstić information content (AvgIpc) is 2.83. The van der Waals surface area contributed by atoms with E-state index in [1.165, 1.54) is 5.56 Å². The summed E-state index contributed by atoms with van der Waals surface area (Å²) >= 11 is 3.80. The van der Waals surface area contributed by atoms with Gasteiger partial charge in [-0.2, -0.15) is 0 Å². The molecule has 1 aromatic heterocycles. The number of thiophene rings is 1. The van der Waals surface area contributed by atoms with E-state index < -0.39 is 0 Å². The number of nitrogens with one attached hydrogen (secondary N) is 1. The Kier molecular flexibility index (Phi) is 5.66. The zero-order chi connectivity index (χ0) is 16.3. The van der Waals surface area contributed by atoms with E-state index in [0.717, 1.165) is 20.6 Å². The third-order valence-corrected chi connectivity index (χ3v) is 5.56. The van der Waals surface area contributed by atoms with Crippen molar-refractivity contribution in [1.29, 1.82) is 0 Å². The molecule has 0 saturated heterocycles. The highest BCUT2D eigenvalue weighted by Crippen LogP contribution is 2.34. The molecule has 0 aliphatic rings. The van der Waals surface area contributed by atoms with E-state index in [9.17, 15) is 4.79 Å². The molecular weight excluding hydrogens is 405 g/mol. The molecule has 4 heteroatoms. The van der Waals surface area contributed by atoms with Crippen molar-refractivity contribution in [2.24, 2.45) is 5.41 Å². The van der Waals surface area contributed by atoms with Gasteiger partial charge in [0.2, 0.25) is 0 Å². The van der Waals surface area contributed by atoms with Gasteiger partial charge in [0.15, 0.2) is 0 Å². The van der Waals surface area contributed by atoms with Gasteiger partial charge in [0.25, 0.3) is 5.91 Å². The van der Waals surface area contributed by atoms with Crippen LogP contribution in [-0.4, -0.2) is 5.91 Å². The summed E-state index contributed by atoms with van der Waals surface area (Å²) in [4.78, 5) is 12.4. The fourth-order valence-electron chi connectivity index (χ4n) is 2.71. The number of hydrogen-bond acceptors (Lipinski definition) is 2. The predicted molar refractivity (Wildman–Crippen MR) is 104 cm³/mol. The van der Waals surface area contributed by atoms with E-state index in [1.54, 1.807) is 11.3 Å². The molecule has 1 unspecified atom stereocenters. The molecule has 0 radical (unpaired) electrons. The summed E-state index contributed by atoms with van der Waals surface area (Å²) in [7, 11) is 0. The smallest absolute Gasteiger partial charge is 0.257 e. The maximum absolute atomic E-state index is 12.4. The molecule has 1 aromatic carbocycles. The van der Waals surface area contributed by atoms with Crippen molar-refractivity contribution in [3.8, 4) is 0 Å². The van der Waals surface area contributed by atoms with Crippen LogP contribution in [0.25, 0.3) is 0 Å². The summed E-state index contributed by atoms with van der Waals surface area (Å²) < 4.78 is 1.02. The zero-order valence-corrected chi connectivity index (χ0v) is 16.4. The molecule has 22 heavy (non-hydrogen) atoms. The Bertz CT molecular complexity index is 657. The Hall–Kier alpha value is -0.880. The van der Waals surface area contributed by atoms with Gasteiger partial charge in [0.1, 0.15) is 0 Å². The van der Waals surface area contributed by atoms with E-state index in [4.69, 9.17) is 0 Å². The largest absolute Gasteiger partial charge is 0.322 e. The van der Waals surface area contributed by atoms with Crippen LogP contribution in [0, 0.1) is 8.30 Å². The normalized spacial score (nSPS) is 13.0. The van der Waals surface area contributed by atoms with Gasteiger partial charge in [-0.05, 0) is 63.4 Å². The highest BCUT2D eigenvalue weighted by atomic mass is 127. The summed E-state index contributed by atoms with van der Waals surface area (Å²) in [6.45, 7) is 8.97. The van der Waals surface area contributed by atoms with Crippen LogP contribution in [0.4, 0.5) is 5.69 Å². The van der Waals surface area contributed by atoms with E-state index in [1.807, 2.05) is 29.6 Å². The maximum atomic E-state index is 12.4. The lowest BCUT2D eigenvalue weighted by molar-refractivity contribution is 0.102. The third-order valence-electron chi connectivity index (χ3n) is 3.52. The van der Waals surface area contributed by atoms with E-state index >= 15 is 0 Å². The minimum absolute atomic E-state index is 0.0268. The summed E-state index contributed by atoms with van der Waals surface area (Å²) in [6, 6.07) is 10.00. The van der Waals surface area contributed by atoms with Gasteiger partial charge < -0.3 is 5.32 Å². The molecule has 0 spiro atoms. The van der Waals surface area contributed by atoms with Crippen LogP contribution < -0.4 is 5.32 Å². The number of para-hydroxylation sites is 1. The molecule has 2 rings (SSSR count). The standard InChI is InChI=1S/C18H22INOS/c1-12(11-18(2,3)4)13-7-5-6-8-15(13)20-17(21)14-9-10-22-16(14)19/h5-10,12H,11H2,1-4H3,(H,20,21). The van der Waals surface area contributed by atoms with Crippen molar-refractivity contribution < 1.29 is 4.79 Å². The first kappa shape index (κ1) is 17.5. The fourth-order valence-corrected chi connectivity index (χ4v) is 4.19. The van der Waals surface area contributed by atoms with E-state index in [0.29, 0.717) is 5.92 Å². The molecule has 1 N–H and O–H groups in total. The SMILES string of the molecule is CC(CC(C)(C)C)c1ccccc1NC(=O)c1ccsc1I. The molecule has 118 valence electrons. The lowest BCUT2D eigenvalue weighted by Crippen LogP contribution is -2.16. The quantitative estimate of drug-likeness (QED) is 0.583. The van der Waals surface area contributed by atoms with E-state index in [-0.39, 0.29) is 11.3 Å². The van der Waals surface area contributed by atoms with Crippen molar-refractivity contribution in [1.82, 2.24) is 0 Å². The minimum atomic E-state index is -0.0268. The zero-order valence-electron chi connectivity index (χ0n) is 13.4. The van der Waals surface area contributed by atoms with Crippen LogP contribution in [0.15, 0.2) is 35.7 Å². The number of amides is 1. The Morgan fingerprint density at radius 2 is 1.95 bits per heavy atom. The van der Waals surface area contributed by atoms with Gasteiger partial charge in [-0.1, -0.05) is 45.9 Å². The summed E-state index contributed by atoms with van der Waals surface area (Å²) in [6.07, 6.45) is 1.08. The molecule has 1 amide bonds. The Balaban J connectivity index is 2.22.